The minimum Gasteiger partial charge on any atom is -0.468 e. The van der Waals surface area contributed by atoms with Crippen molar-refractivity contribution in [1.82, 2.24) is 9.55 Å². The molecular formula is C12H20N2O2S. The molecule has 0 N–H and O–H groups in total. The summed E-state index contributed by atoms with van der Waals surface area (Å²) in [6.07, 6.45) is 2.03. The summed E-state index contributed by atoms with van der Waals surface area (Å²) in [5.41, 5.74) is 1.08. The van der Waals surface area contributed by atoms with Crippen LogP contribution in [0.2, 0.25) is 0 Å². The highest BCUT2D eigenvalue weighted by molar-refractivity contribution is 7.99. The number of rotatable bonds is 5. The zero-order valence-electron chi connectivity index (χ0n) is 11.1. The Morgan fingerprint density at radius 1 is 1.53 bits per heavy atom. The Bertz CT molecular complexity index is 388. The Hall–Kier alpha value is -0.970. The van der Waals surface area contributed by atoms with E-state index in [0.29, 0.717) is 17.6 Å². The number of carbonyl (C=O) groups excluding carboxylic acids is 1. The van der Waals surface area contributed by atoms with Crippen molar-refractivity contribution >= 4 is 17.7 Å². The average Bonchev–Trinajstić information content (AvgIpc) is 2.66. The maximum Gasteiger partial charge on any atom is 0.316 e. The summed E-state index contributed by atoms with van der Waals surface area (Å²) in [7, 11) is 3.34. The van der Waals surface area contributed by atoms with E-state index in [4.69, 9.17) is 0 Å². The van der Waals surface area contributed by atoms with Crippen molar-refractivity contribution in [1.29, 1.82) is 0 Å². The van der Waals surface area contributed by atoms with Gasteiger partial charge in [-0.3, -0.25) is 4.79 Å². The van der Waals surface area contributed by atoms with Crippen LogP contribution in [0.3, 0.4) is 0 Å². The summed E-state index contributed by atoms with van der Waals surface area (Å²) in [4.78, 5) is 15.6. The summed E-state index contributed by atoms with van der Waals surface area (Å²) >= 11 is 1.41. The number of esters is 1. The van der Waals surface area contributed by atoms with Crippen LogP contribution in [-0.2, 0) is 16.6 Å². The van der Waals surface area contributed by atoms with Crippen LogP contribution in [0, 0.1) is 5.92 Å². The molecule has 17 heavy (non-hydrogen) atoms. The number of imidazole rings is 1. The third kappa shape index (κ3) is 3.77. The van der Waals surface area contributed by atoms with Crippen molar-refractivity contribution in [3.8, 4) is 0 Å². The predicted molar refractivity (Wildman–Crippen MR) is 69.2 cm³/mol. The van der Waals surface area contributed by atoms with Crippen molar-refractivity contribution in [3.63, 3.8) is 0 Å². The standard InChI is InChI=1S/C12H20N2O2S/c1-8(2)9(3)10-6-14(4)12(13-10)17-7-11(15)16-5/h6,8-9H,7H2,1-5H3. The topological polar surface area (TPSA) is 44.1 Å². The molecule has 0 aliphatic carbocycles. The van der Waals surface area contributed by atoms with Crippen molar-refractivity contribution in [2.75, 3.05) is 12.9 Å². The van der Waals surface area contributed by atoms with E-state index < -0.39 is 0 Å². The van der Waals surface area contributed by atoms with Gasteiger partial charge in [0.25, 0.3) is 0 Å². The van der Waals surface area contributed by atoms with E-state index in [9.17, 15) is 4.79 Å². The first-order valence-electron chi connectivity index (χ1n) is 5.68. The Morgan fingerprint density at radius 2 is 2.18 bits per heavy atom. The van der Waals surface area contributed by atoms with E-state index >= 15 is 0 Å². The molecule has 0 saturated carbocycles. The molecule has 0 radical (unpaired) electrons. The Labute approximate surface area is 107 Å². The smallest absolute Gasteiger partial charge is 0.316 e. The van der Waals surface area contributed by atoms with Crippen LogP contribution in [0.4, 0.5) is 0 Å². The van der Waals surface area contributed by atoms with E-state index in [0.717, 1.165) is 10.9 Å². The summed E-state index contributed by atoms with van der Waals surface area (Å²) in [5, 5.41) is 0.859. The first kappa shape index (κ1) is 14.1. The SMILES string of the molecule is COC(=O)CSc1nc(C(C)C(C)C)cn1C. The highest BCUT2D eigenvalue weighted by atomic mass is 32.2. The first-order valence-corrected chi connectivity index (χ1v) is 6.67. The van der Waals surface area contributed by atoms with E-state index in [1.165, 1.54) is 18.9 Å². The fourth-order valence-corrected chi connectivity index (χ4v) is 2.14. The largest absolute Gasteiger partial charge is 0.468 e. The molecule has 0 saturated heterocycles. The van der Waals surface area contributed by atoms with Crippen LogP contribution in [0.25, 0.3) is 0 Å². The average molecular weight is 256 g/mol. The number of thioether (sulfide) groups is 1. The molecule has 0 fully saturated rings. The van der Waals surface area contributed by atoms with Gasteiger partial charge in [0, 0.05) is 19.2 Å². The molecule has 0 bridgehead atoms. The molecular weight excluding hydrogens is 236 g/mol. The summed E-state index contributed by atoms with van der Waals surface area (Å²) < 4.78 is 6.57. The van der Waals surface area contributed by atoms with E-state index in [-0.39, 0.29) is 5.97 Å². The van der Waals surface area contributed by atoms with Crippen LogP contribution in [-0.4, -0.2) is 28.4 Å². The van der Waals surface area contributed by atoms with Crippen LogP contribution in [0.1, 0.15) is 32.4 Å². The van der Waals surface area contributed by atoms with Crippen molar-refractivity contribution in [3.05, 3.63) is 11.9 Å². The van der Waals surface area contributed by atoms with E-state index in [1.807, 2.05) is 17.8 Å². The van der Waals surface area contributed by atoms with Gasteiger partial charge in [-0.15, -0.1) is 0 Å². The van der Waals surface area contributed by atoms with Gasteiger partial charge in [-0.2, -0.15) is 0 Å². The molecule has 0 amide bonds. The molecule has 5 heteroatoms. The van der Waals surface area contributed by atoms with Gasteiger partial charge in [0.1, 0.15) is 0 Å². The number of ether oxygens (including phenoxy) is 1. The molecule has 0 aliphatic heterocycles. The molecule has 0 aliphatic rings. The zero-order valence-corrected chi connectivity index (χ0v) is 11.9. The highest BCUT2D eigenvalue weighted by Gasteiger charge is 2.16. The molecule has 0 spiro atoms. The van der Waals surface area contributed by atoms with Crippen LogP contribution in [0.15, 0.2) is 11.4 Å². The second-order valence-corrected chi connectivity index (χ2v) is 5.40. The summed E-state index contributed by atoms with van der Waals surface area (Å²) in [6, 6.07) is 0. The number of hydrogen-bond acceptors (Lipinski definition) is 4. The Morgan fingerprint density at radius 3 is 2.71 bits per heavy atom. The quantitative estimate of drug-likeness (QED) is 0.599. The van der Waals surface area contributed by atoms with Crippen molar-refractivity contribution < 1.29 is 9.53 Å². The molecule has 4 nitrogen and oxygen atoms in total. The lowest BCUT2D eigenvalue weighted by Gasteiger charge is -2.11. The highest BCUT2D eigenvalue weighted by Crippen LogP contribution is 2.25. The van der Waals surface area contributed by atoms with Crippen LogP contribution < -0.4 is 0 Å². The fraction of sp³-hybridized carbons (Fsp3) is 0.667. The number of hydrogen-bond donors (Lipinski definition) is 0. The summed E-state index contributed by atoms with van der Waals surface area (Å²) in [6.45, 7) is 6.53. The van der Waals surface area contributed by atoms with Crippen molar-refractivity contribution in [2.45, 2.75) is 31.8 Å². The number of nitrogens with zero attached hydrogens (tertiary/aromatic N) is 2. The third-order valence-electron chi connectivity index (χ3n) is 2.87. The van der Waals surface area contributed by atoms with Gasteiger partial charge in [-0.25, -0.2) is 4.98 Å². The van der Waals surface area contributed by atoms with Gasteiger partial charge in [0.15, 0.2) is 5.16 Å². The second kappa shape index (κ2) is 6.10. The van der Waals surface area contributed by atoms with Crippen LogP contribution in [0.5, 0.6) is 0 Å². The molecule has 96 valence electrons. The maximum atomic E-state index is 11.1. The monoisotopic (exact) mass is 256 g/mol. The lowest BCUT2D eigenvalue weighted by molar-refractivity contribution is -0.137. The van der Waals surface area contributed by atoms with Gasteiger partial charge in [-0.05, 0) is 5.92 Å². The lowest BCUT2D eigenvalue weighted by atomic mass is 9.95. The van der Waals surface area contributed by atoms with E-state index in [2.05, 4.69) is 30.5 Å². The first-order chi connectivity index (χ1) is 7.95. The summed E-state index contributed by atoms with van der Waals surface area (Å²) in [5.74, 6) is 1.06. The number of carbonyl (C=O) groups is 1. The Balaban J connectivity index is 2.71. The molecule has 1 aromatic rings. The molecule has 1 heterocycles. The molecule has 1 aromatic heterocycles. The normalized spacial score (nSPS) is 12.8. The minimum atomic E-state index is -0.226. The fourth-order valence-electron chi connectivity index (χ4n) is 1.35. The molecule has 1 rings (SSSR count). The molecule has 1 atom stereocenters. The zero-order chi connectivity index (χ0) is 13.0. The maximum absolute atomic E-state index is 11.1. The van der Waals surface area contributed by atoms with E-state index in [1.54, 1.807) is 0 Å². The van der Waals surface area contributed by atoms with Gasteiger partial charge in [-0.1, -0.05) is 32.5 Å². The van der Waals surface area contributed by atoms with Gasteiger partial charge < -0.3 is 9.30 Å². The number of methoxy groups -OCH3 is 1. The van der Waals surface area contributed by atoms with Gasteiger partial charge in [0.05, 0.1) is 18.6 Å². The van der Waals surface area contributed by atoms with Gasteiger partial charge in [0.2, 0.25) is 0 Å². The van der Waals surface area contributed by atoms with Crippen LogP contribution >= 0.6 is 11.8 Å². The van der Waals surface area contributed by atoms with Crippen molar-refractivity contribution in [2.24, 2.45) is 13.0 Å². The molecule has 1 unspecified atom stereocenters. The number of aryl methyl sites for hydroxylation is 1. The molecule has 0 aromatic carbocycles. The number of aromatic nitrogens is 2. The predicted octanol–water partition coefficient (Wildman–Crippen LogP) is 2.44. The second-order valence-electron chi connectivity index (χ2n) is 4.46. The Kier molecular flexibility index (Phi) is 5.05. The lowest BCUT2D eigenvalue weighted by Crippen LogP contribution is -2.04. The minimum absolute atomic E-state index is 0.226. The third-order valence-corrected chi connectivity index (χ3v) is 3.88. The van der Waals surface area contributed by atoms with Gasteiger partial charge >= 0.3 is 5.97 Å².